The lowest BCUT2D eigenvalue weighted by Gasteiger charge is -2.09. The van der Waals surface area contributed by atoms with Gasteiger partial charge in [0.1, 0.15) is 0 Å². The molecule has 0 aliphatic heterocycles. The van der Waals surface area contributed by atoms with Crippen LogP contribution in [0, 0.1) is 5.92 Å². The second-order valence-electron chi connectivity index (χ2n) is 3.36. The zero-order valence-corrected chi connectivity index (χ0v) is 6.87. The Morgan fingerprint density at radius 2 is 2.27 bits per heavy atom. The molecular formula is C8H15F2N. The summed E-state index contributed by atoms with van der Waals surface area (Å²) in [6, 6.07) is 0. The highest BCUT2D eigenvalue weighted by Crippen LogP contribution is 2.39. The normalized spacial score (nSPS) is 29.2. The van der Waals surface area contributed by atoms with Crippen molar-refractivity contribution in [1.29, 1.82) is 0 Å². The lowest BCUT2D eigenvalue weighted by molar-refractivity contribution is 0.00476. The van der Waals surface area contributed by atoms with E-state index in [9.17, 15) is 8.78 Å². The minimum absolute atomic E-state index is 0.0986. The van der Waals surface area contributed by atoms with E-state index in [0.717, 1.165) is 13.0 Å². The average Bonchev–Trinajstić information content (AvgIpc) is 2.26. The highest BCUT2D eigenvalue weighted by molar-refractivity contribution is 4.81. The van der Waals surface area contributed by atoms with Crippen LogP contribution in [0.25, 0.3) is 0 Å². The number of hydrogen-bond donors (Lipinski definition) is 1. The topological polar surface area (TPSA) is 12.0 Å². The molecule has 0 saturated heterocycles. The first-order valence-electron chi connectivity index (χ1n) is 4.16. The molecule has 0 spiro atoms. The van der Waals surface area contributed by atoms with Gasteiger partial charge in [-0.3, -0.25) is 0 Å². The average molecular weight is 163 g/mol. The highest BCUT2D eigenvalue weighted by atomic mass is 19.3. The van der Waals surface area contributed by atoms with Crippen LogP contribution in [-0.4, -0.2) is 19.5 Å². The summed E-state index contributed by atoms with van der Waals surface area (Å²) >= 11 is 0. The van der Waals surface area contributed by atoms with Crippen LogP contribution in [-0.2, 0) is 0 Å². The quantitative estimate of drug-likeness (QED) is 0.671. The van der Waals surface area contributed by atoms with Gasteiger partial charge in [-0.1, -0.05) is 0 Å². The first-order valence-corrected chi connectivity index (χ1v) is 4.16. The predicted molar refractivity (Wildman–Crippen MR) is 40.8 cm³/mol. The summed E-state index contributed by atoms with van der Waals surface area (Å²) in [5.41, 5.74) is 0. The monoisotopic (exact) mass is 163 g/mol. The largest absolute Gasteiger partial charge is 0.320 e. The summed E-state index contributed by atoms with van der Waals surface area (Å²) in [4.78, 5) is 0. The number of alkyl halides is 2. The summed E-state index contributed by atoms with van der Waals surface area (Å²) in [5.74, 6) is -2.12. The Balaban J connectivity index is 2.20. The summed E-state index contributed by atoms with van der Waals surface area (Å²) in [6.07, 6.45) is 1.80. The van der Waals surface area contributed by atoms with Crippen molar-refractivity contribution in [1.82, 2.24) is 5.32 Å². The van der Waals surface area contributed by atoms with Crippen molar-refractivity contribution < 1.29 is 8.78 Å². The Morgan fingerprint density at radius 3 is 2.73 bits per heavy atom. The lowest BCUT2D eigenvalue weighted by atomic mass is 10.0. The zero-order valence-electron chi connectivity index (χ0n) is 6.87. The third-order valence-corrected chi connectivity index (χ3v) is 2.31. The molecule has 0 unspecified atom stereocenters. The second kappa shape index (κ2) is 3.48. The van der Waals surface area contributed by atoms with Crippen LogP contribution in [0.3, 0.4) is 0 Å². The summed E-state index contributed by atoms with van der Waals surface area (Å²) in [5, 5.41) is 2.98. The van der Waals surface area contributed by atoms with Crippen molar-refractivity contribution in [3.05, 3.63) is 0 Å². The molecule has 3 heteroatoms. The Bertz CT molecular complexity index is 125. The molecule has 0 bridgehead atoms. The van der Waals surface area contributed by atoms with Gasteiger partial charge in [0.05, 0.1) is 0 Å². The fraction of sp³-hybridized carbons (Fsp3) is 1.00. The molecule has 1 atom stereocenters. The van der Waals surface area contributed by atoms with Crippen LogP contribution in [0.15, 0.2) is 0 Å². The van der Waals surface area contributed by atoms with Crippen LogP contribution in [0.5, 0.6) is 0 Å². The van der Waals surface area contributed by atoms with Gasteiger partial charge in [-0.05, 0) is 32.4 Å². The molecular weight excluding hydrogens is 148 g/mol. The molecule has 0 heterocycles. The zero-order chi connectivity index (χ0) is 8.32. The Kier molecular flexibility index (Phi) is 2.82. The maximum absolute atomic E-state index is 12.6. The minimum Gasteiger partial charge on any atom is -0.320 e. The molecule has 66 valence electrons. The van der Waals surface area contributed by atoms with Crippen LogP contribution in [0.1, 0.15) is 25.7 Å². The van der Waals surface area contributed by atoms with Crippen molar-refractivity contribution in [3.8, 4) is 0 Å². The molecule has 1 rings (SSSR count). The molecule has 1 fully saturated rings. The number of hydrogen-bond acceptors (Lipinski definition) is 1. The molecule has 11 heavy (non-hydrogen) atoms. The molecule has 0 aromatic heterocycles. The molecule has 0 radical (unpaired) electrons. The third kappa shape index (κ3) is 2.73. The van der Waals surface area contributed by atoms with Crippen LogP contribution >= 0.6 is 0 Å². The molecule has 1 N–H and O–H groups in total. The fourth-order valence-corrected chi connectivity index (χ4v) is 1.64. The van der Waals surface area contributed by atoms with Gasteiger partial charge < -0.3 is 5.32 Å². The predicted octanol–water partition coefficient (Wildman–Crippen LogP) is 2.03. The third-order valence-electron chi connectivity index (χ3n) is 2.31. The Morgan fingerprint density at radius 1 is 1.55 bits per heavy atom. The number of nitrogens with one attached hydrogen (secondary N) is 1. The SMILES string of the molecule is CNCC[C@@H]1CCC(F)(F)C1. The van der Waals surface area contributed by atoms with Gasteiger partial charge in [-0.25, -0.2) is 8.78 Å². The van der Waals surface area contributed by atoms with Crippen molar-refractivity contribution >= 4 is 0 Å². The van der Waals surface area contributed by atoms with E-state index in [-0.39, 0.29) is 18.8 Å². The summed E-state index contributed by atoms with van der Waals surface area (Å²) < 4.78 is 25.2. The van der Waals surface area contributed by atoms with Crippen LogP contribution < -0.4 is 5.32 Å². The van der Waals surface area contributed by atoms with E-state index in [0.29, 0.717) is 6.42 Å². The maximum atomic E-state index is 12.6. The molecule has 1 aliphatic carbocycles. The van der Waals surface area contributed by atoms with E-state index in [1.54, 1.807) is 0 Å². The number of rotatable bonds is 3. The summed E-state index contributed by atoms with van der Waals surface area (Å²) in [6.45, 7) is 0.862. The van der Waals surface area contributed by atoms with Gasteiger partial charge >= 0.3 is 0 Å². The molecule has 0 aromatic carbocycles. The number of halogens is 2. The van der Waals surface area contributed by atoms with Gasteiger partial charge in [0.2, 0.25) is 5.92 Å². The molecule has 1 aliphatic rings. The Hall–Kier alpha value is -0.180. The van der Waals surface area contributed by atoms with E-state index in [2.05, 4.69) is 5.32 Å². The van der Waals surface area contributed by atoms with Crippen molar-refractivity contribution in [3.63, 3.8) is 0 Å². The Labute approximate surface area is 66.2 Å². The summed E-state index contributed by atoms with van der Waals surface area (Å²) in [7, 11) is 1.85. The van der Waals surface area contributed by atoms with E-state index in [1.165, 1.54) is 0 Å². The maximum Gasteiger partial charge on any atom is 0.248 e. The van der Waals surface area contributed by atoms with Crippen LogP contribution in [0.2, 0.25) is 0 Å². The van der Waals surface area contributed by atoms with Gasteiger partial charge in [-0.2, -0.15) is 0 Å². The molecule has 1 saturated carbocycles. The molecule has 0 aromatic rings. The highest BCUT2D eigenvalue weighted by Gasteiger charge is 2.38. The van der Waals surface area contributed by atoms with Gasteiger partial charge in [0, 0.05) is 12.8 Å². The van der Waals surface area contributed by atoms with Gasteiger partial charge in [0.15, 0.2) is 0 Å². The van der Waals surface area contributed by atoms with Crippen LogP contribution in [0.4, 0.5) is 8.78 Å². The van der Waals surface area contributed by atoms with E-state index < -0.39 is 5.92 Å². The van der Waals surface area contributed by atoms with Crippen molar-refractivity contribution in [2.75, 3.05) is 13.6 Å². The second-order valence-corrected chi connectivity index (χ2v) is 3.36. The molecule has 1 nitrogen and oxygen atoms in total. The van der Waals surface area contributed by atoms with Crippen molar-refractivity contribution in [2.45, 2.75) is 31.6 Å². The standard InChI is InChI=1S/C8H15F2N/c1-11-5-3-7-2-4-8(9,10)6-7/h7,11H,2-6H2,1H3/t7-/m0/s1. The lowest BCUT2D eigenvalue weighted by Crippen LogP contribution is -2.14. The van der Waals surface area contributed by atoms with E-state index >= 15 is 0 Å². The van der Waals surface area contributed by atoms with E-state index in [1.807, 2.05) is 7.05 Å². The first kappa shape index (κ1) is 8.91. The van der Waals surface area contributed by atoms with Gasteiger partial charge in [0.25, 0.3) is 0 Å². The first-order chi connectivity index (χ1) is 5.14. The van der Waals surface area contributed by atoms with Crippen molar-refractivity contribution in [2.24, 2.45) is 5.92 Å². The van der Waals surface area contributed by atoms with E-state index in [4.69, 9.17) is 0 Å². The fourth-order valence-electron chi connectivity index (χ4n) is 1.64. The minimum atomic E-state index is -2.36. The smallest absolute Gasteiger partial charge is 0.248 e. The van der Waals surface area contributed by atoms with Gasteiger partial charge in [-0.15, -0.1) is 0 Å². The molecule has 0 amide bonds.